The molecule has 0 saturated heterocycles. The molecule has 0 bridgehead atoms. The van der Waals surface area contributed by atoms with Crippen LogP contribution in [0, 0.1) is 5.82 Å². The number of halogens is 1. The number of ether oxygens (including phenoxy) is 1. The highest BCUT2D eigenvalue weighted by Crippen LogP contribution is 2.21. The molecule has 1 unspecified atom stereocenters. The molecular formula is C16H23FN2O2. The Morgan fingerprint density at radius 2 is 2.14 bits per heavy atom. The Morgan fingerprint density at radius 1 is 1.43 bits per heavy atom. The lowest BCUT2D eigenvalue weighted by Crippen LogP contribution is -2.41. The van der Waals surface area contributed by atoms with Crippen molar-refractivity contribution in [1.82, 2.24) is 10.6 Å². The van der Waals surface area contributed by atoms with Gasteiger partial charge in [0.2, 0.25) is 0 Å². The minimum absolute atomic E-state index is 0.115. The third-order valence-corrected chi connectivity index (χ3v) is 3.75. The van der Waals surface area contributed by atoms with Crippen molar-refractivity contribution in [2.24, 2.45) is 0 Å². The molecule has 1 amide bonds. The topological polar surface area (TPSA) is 50.4 Å². The number of nitrogens with one attached hydrogen (secondary N) is 2. The minimum atomic E-state index is -0.699. The SMILES string of the molecule is CNCc1ccc(OC(C)C(=O)NC2CCCC2)c(F)c1. The van der Waals surface area contributed by atoms with Crippen molar-refractivity contribution >= 4 is 5.91 Å². The molecule has 1 saturated carbocycles. The Balaban J connectivity index is 1.91. The predicted octanol–water partition coefficient (Wildman–Crippen LogP) is 2.37. The van der Waals surface area contributed by atoms with Crippen molar-refractivity contribution in [3.8, 4) is 5.75 Å². The maximum atomic E-state index is 13.9. The smallest absolute Gasteiger partial charge is 0.260 e. The molecule has 0 aliphatic heterocycles. The molecule has 1 fully saturated rings. The van der Waals surface area contributed by atoms with Gasteiger partial charge in [0.05, 0.1) is 0 Å². The summed E-state index contributed by atoms with van der Waals surface area (Å²) in [7, 11) is 1.80. The van der Waals surface area contributed by atoms with Crippen LogP contribution in [0.4, 0.5) is 4.39 Å². The number of carbonyl (C=O) groups is 1. The van der Waals surface area contributed by atoms with E-state index >= 15 is 0 Å². The molecule has 0 heterocycles. The molecule has 0 spiro atoms. The normalized spacial score (nSPS) is 16.7. The summed E-state index contributed by atoms with van der Waals surface area (Å²) in [6, 6.07) is 5.03. The molecule has 1 aromatic carbocycles. The molecule has 4 nitrogen and oxygen atoms in total. The lowest BCUT2D eigenvalue weighted by Gasteiger charge is -2.18. The first-order valence-corrected chi connectivity index (χ1v) is 7.50. The highest BCUT2D eigenvalue weighted by atomic mass is 19.1. The first-order valence-electron chi connectivity index (χ1n) is 7.50. The van der Waals surface area contributed by atoms with E-state index in [9.17, 15) is 9.18 Å². The fourth-order valence-electron chi connectivity index (χ4n) is 2.59. The molecule has 1 aromatic rings. The monoisotopic (exact) mass is 294 g/mol. The molecule has 116 valence electrons. The summed E-state index contributed by atoms with van der Waals surface area (Å²) < 4.78 is 19.4. The number of carbonyl (C=O) groups excluding carboxylic acids is 1. The zero-order valence-corrected chi connectivity index (χ0v) is 12.6. The van der Waals surface area contributed by atoms with Crippen molar-refractivity contribution < 1.29 is 13.9 Å². The van der Waals surface area contributed by atoms with Crippen LogP contribution < -0.4 is 15.4 Å². The highest BCUT2D eigenvalue weighted by Gasteiger charge is 2.22. The molecule has 2 N–H and O–H groups in total. The van der Waals surface area contributed by atoms with E-state index in [1.165, 1.54) is 6.07 Å². The van der Waals surface area contributed by atoms with Gasteiger partial charge in [0.15, 0.2) is 17.7 Å². The average molecular weight is 294 g/mol. The first-order chi connectivity index (χ1) is 10.1. The van der Waals surface area contributed by atoms with Crippen molar-refractivity contribution in [3.05, 3.63) is 29.6 Å². The highest BCUT2D eigenvalue weighted by molar-refractivity contribution is 5.81. The molecule has 5 heteroatoms. The fraction of sp³-hybridized carbons (Fsp3) is 0.562. The van der Waals surface area contributed by atoms with E-state index in [0.29, 0.717) is 6.54 Å². The quantitative estimate of drug-likeness (QED) is 0.847. The molecule has 1 aliphatic rings. The van der Waals surface area contributed by atoms with Crippen molar-refractivity contribution in [2.75, 3.05) is 7.05 Å². The largest absolute Gasteiger partial charge is 0.478 e. The number of benzene rings is 1. The van der Waals surface area contributed by atoms with E-state index < -0.39 is 11.9 Å². The van der Waals surface area contributed by atoms with E-state index in [1.807, 2.05) is 0 Å². The van der Waals surface area contributed by atoms with Crippen molar-refractivity contribution in [3.63, 3.8) is 0 Å². The van der Waals surface area contributed by atoms with Crippen LogP contribution in [0.5, 0.6) is 5.75 Å². The van der Waals surface area contributed by atoms with Gasteiger partial charge in [-0.25, -0.2) is 4.39 Å². The minimum Gasteiger partial charge on any atom is -0.478 e. The third kappa shape index (κ3) is 4.43. The zero-order valence-electron chi connectivity index (χ0n) is 12.6. The van der Waals surface area contributed by atoms with Gasteiger partial charge in [-0.1, -0.05) is 18.9 Å². The summed E-state index contributed by atoms with van der Waals surface area (Å²) in [6.45, 7) is 2.24. The van der Waals surface area contributed by atoms with E-state index in [-0.39, 0.29) is 17.7 Å². The Kier molecular flexibility index (Phi) is 5.56. The van der Waals surface area contributed by atoms with Crippen LogP contribution in [0.25, 0.3) is 0 Å². The maximum absolute atomic E-state index is 13.9. The van der Waals surface area contributed by atoms with E-state index in [1.54, 1.807) is 26.1 Å². The summed E-state index contributed by atoms with van der Waals surface area (Å²) in [5.74, 6) is -0.507. The van der Waals surface area contributed by atoms with Crippen LogP contribution in [0.3, 0.4) is 0 Å². The average Bonchev–Trinajstić information content (AvgIpc) is 2.95. The lowest BCUT2D eigenvalue weighted by molar-refractivity contribution is -0.128. The second kappa shape index (κ2) is 7.41. The van der Waals surface area contributed by atoms with Crippen molar-refractivity contribution in [2.45, 2.75) is 51.3 Å². The Labute approximate surface area is 125 Å². The van der Waals surface area contributed by atoms with E-state index in [2.05, 4.69) is 10.6 Å². The number of hydrogen-bond donors (Lipinski definition) is 2. The van der Waals surface area contributed by atoms with E-state index in [4.69, 9.17) is 4.74 Å². The van der Waals surface area contributed by atoms with Gasteiger partial charge in [0.25, 0.3) is 5.91 Å². The van der Waals surface area contributed by atoms with Gasteiger partial charge in [0.1, 0.15) is 0 Å². The zero-order chi connectivity index (χ0) is 15.2. The summed E-state index contributed by atoms with van der Waals surface area (Å²) in [5.41, 5.74) is 0.838. The summed E-state index contributed by atoms with van der Waals surface area (Å²) in [4.78, 5) is 12.0. The Morgan fingerprint density at radius 3 is 2.76 bits per heavy atom. The molecule has 1 atom stereocenters. The van der Waals surface area contributed by atoms with Crippen LogP contribution in [0.1, 0.15) is 38.2 Å². The second-order valence-electron chi connectivity index (χ2n) is 5.55. The Hall–Kier alpha value is -1.62. The van der Waals surface area contributed by atoms with Gasteiger partial charge >= 0.3 is 0 Å². The van der Waals surface area contributed by atoms with Crippen LogP contribution in [0.2, 0.25) is 0 Å². The van der Waals surface area contributed by atoms with Crippen LogP contribution in [0.15, 0.2) is 18.2 Å². The van der Waals surface area contributed by atoms with Crippen LogP contribution in [-0.2, 0) is 11.3 Å². The number of rotatable bonds is 6. The molecule has 1 aliphatic carbocycles. The first kappa shape index (κ1) is 15.8. The summed E-state index contributed by atoms with van der Waals surface area (Å²) in [5, 5.41) is 5.91. The lowest BCUT2D eigenvalue weighted by atomic mass is 10.2. The Bertz CT molecular complexity index is 487. The van der Waals surface area contributed by atoms with Crippen LogP contribution in [-0.4, -0.2) is 25.1 Å². The van der Waals surface area contributed by atoms with E-state index in [0.717, 1.165) is 31.2 Å². The molecule has 0 aromatic heterocycles. The van der Waals surface area contributed by atoms with Gasteiger partial charge in [-0.3, -0.25) is 4.79 Å². The van der Waals surface area contributed by atoms with Gasteiger partial charge in [-0.15, -0.1) is 0 Å². The molecule has 21 heavy (non-hydrogen) atoms. The number of amides is 1. The molecule has 0 radical (unpaired) electrons. The molecule has 2 rings (SSSR count). The van der Waals surface area contributed by atoms with Gasteiger partial charge in [0, 0.05) is 12.6 Å². The van der Waals surface area contributed by atoms with Gasteiger partial charge in [-0.2, -0.15) is 0 Å². The maximum Gasteiger partial charge on any atom is 0.260 e. The van der Waals surface area contributed by atoms with Gasteiger partial charge < -0.3 is 15.4 Å². The summed E-state index contributed by atoms with van der Waals surface area (Å²) >= 11 is 0. The van der Waals surface area contributed by atoms with Gasteiger partial charge in [-0.05, 0) is 44.5 Å². The van der Waals surface area contributed by atoms with Crippen molar-refractivity contribution in [1.29, 1.82) is 0 Å². The molecular weight excluding hydrogens is 271 g/mol. The third-order valence-electron chi connectivity index (χ3n) is 3.75. The standard InChI is InChI=1S/C16H23FN2O2/c1-11(16(20)19-13-5-3-4-6-13)21-15-8-7-12(10-18-2)9-14(15)17/h7-9,11,13,18H,3-6,10H2,1-2H3,(H,19,20). The number of hydrogen-bond acceptors (Lipinski definition) is 3. The summed E-state index contributed by atoms with van der Waals surface area (Å²) in [6.07, 6.45) is 3.65. The van der Waals surface area contributed by atoms with Crippen LogP contribution >= 0.6 is 0 Å². The second-order valence-corrected chi connectivity index (χ2v) is 5.55. The predicted molar refractivity (Wildman–Crippen MR) is 79.7 cm³/mol. The fourth-order valence-corrected chi connectivity index (χ4v) is 2.59.